The van der Waals surface area contributed by atoms with Gasteiger partial charge in [0.05, 0.1) is 17.5 Å². The topological polar surface area (TPSA) is 53.4 Å². The Labute approximate surface area is 109 Å². The number of halogens is 2. The van der Waals surface area contributed by atoms with Crippen LogP contribution in [0.3, 0.4) is 0 Å². The molecule has 2 unspecified atom stereocenters. The summed E-state index contributed by atoms with van der Waals surface area (Å²) in [6.07, 6.45) is -2.19. The minimum Gasteiger partial charge on any atom is -0.389 e. The first-order valence-corrected chi connectivity index (χ1v) is 6.02. The van der Waals surface area contributed by atoms with Gasteiger partial charge in [0.15, 0.2) is 0 Å². The zero-order chi connectivity index (χ0) is 12.4. The van der Waals surface area contributed by atoms with Crippen molar-refractivity contribution in [3.8, 4) is 0 Å². The maximum Gasteiger partial charge on any atom is 0.135 e. The highest BCUT2D eigenvalue weighted by atomic mass is 35.5. The SMILES string of the molecule is OC(CCl)C(O)c1cc2ccccc2nc1Cl. The predicted molar refractivity (Wildman–Crippen MR) is 68.4 cm³/mol. The van der Waals surface area contributed by atoms with Gasteiger partial charge in [-0.3, -0.25) is 0 Å². The molecule has 2 N–H and O–H groups in total. The van der Waals surface area contributed by atoms with Crippen molar-refractivity contribution < 1.29 is 10.2 Å². The molecule has 3 nitrogen and oxygen atoms in total. The number of hydrogen-bond acceptors (Lipinski definition) is 3. The Morgan fingerprint density at radius 3 is 2.65 bits per heavy atom. The van der Waals surface area contributed by atoms with Crippen LogP contribution in [0.25, 0.3) is 10.9 Å². The van der Waals surface area contributed by atoms with Crippen molar-refractivity contribution in [2.45, 2.75) is 12.2 Å². The van der Waals surface area contributed by atoms with Crippen molar-refractivity contribution in [1.82, 2.24) is 4.98 Å². The van der Waals surface area contributed by atoms with E-state index in [1.54, 1.807) is 6.07 Å². The van der Waals surface area contributed by atoms with E-state index in [4.69, 9.17) is 23.2 Å². The van der Waals surface area contributed by atoms with Gasteiger partial charge in [-0.2, -0.15) is 0 Å². The Hall–Kier alpha value is -0.870. The fourth-order valence-electron chi connectivity index (χ4n) is 1.61. The molecule has 2 atom stereocenters. The second-order valence-electron chi connectivity index (χ2n) is 3.73. The lowest BCUT2D eigenvalue weighted by Gasteiger charge is -2.17. The van der Waals surface area contributed by atoms with Crippen molar-refractivity contribution in [1.29, 1.82) is 0 Å². The fourth-order valence-corrected chi connectivity index (χ4v) is 2.03. The van der Waals surface area contributed by atoms with E-state index in [1.807, 2.05) is 24.3 Å². The van der Waals surface area contributed by atoms with Crippen molar-refractivity contribution in [3.05, 3.63) is 41.0 Å². The third-order valence-corrected chi connectivity index (χ3v) is 3.16. The summed E-state index contributed by atoms with van der Waals surface area (Å²) < 4.78 is 0. The van der Waals surface area contributed by atoms with E-state index in [-0.39, 0.29) is 11.0 Å². The molecule has 0 spiro atoms. The van der Waals surface area contributed by atoms with E-state index in [1.165, 1.54) is 0 Å². The Kier molecular flexibility index (Phi) is 3.84. The molecule has 1 aromatic carbocycles. The highest BCUT2D eigenvalue weighted by molar-refractivity contribution is 6.30. The van der Waals surface area contributed by atoms with Gasteiger partial charge in [-0.15, -0.1) is 11.6 Å². The van der Waals surface area contributed by atoms with Crippen LogP contribution in [0.4, 0.5) is 0 Å². The number of alkyl halides is 1. The monoisotopic (exact) mass is 271 g/mol. The molecule has 2 rings (SSSR count). The first kappa shape index (κ1) is 12.6. The van der Waals surface area contributed by atoms with E-state index in [0.717, 1.165) is 10.9 Å². The lowest BCUT2D eigenvalue weighted by Crippen LogP contribution is -2.20. The number of aliphatic hydroxyl groups is 2. The van der Waals surface area contributed by atoms with Gasteiger partial charge in [0, 0.05) is 10.9 Å². The summed E-state index contributed by atoms with van der Waals surface area (Å²) in [5.74, 6) is -0.0652. The lowest BCUT2D eigenvalue weighted by atomic mass is 10.1. The molecule has 0 bridgehead atoms. The van der Waals surface area contributed by atoms with Crippen LogP contribution in [0.5, 0.6) is 0 Å². The molecular formula is C12H11Cl2NO2. The van der Waals surface area contributed by atoms with Crippen molar-refractivity contribution in [2.24, 2.45) is 0 Å². The van der Waals surface area contributed by atoms with E-state index in [2.05, 4.69) is 4.98 Å². The van der Waals surface area contributed by atoms with Crippen molar-refractivity contribution in [3.63, 3.8) is 0 Å². The average Bonchev–Trinajstić information content (AvgIpc) is 2.36. The van der Waals surface area contributed by atoms with Gasteiger partial charge in [0.2, 0.25) is 0 Å². The van der Waals surface area contributed by atoms with Crippen LogP contribution in [0.2, 0.25) is 5.15 Å². The number of fused-ring (bicyclic) bond motifs is 1. The van der Waals surface area contributed by atoms with Crippen molar-refractivity contribution >= 4 is 34.1 Å². The number of pyridine rings is 1. The Morgan fingerprint density at radius 2 is 1.94 bits per heavy atom. The number of hydrogen-bond donors (Lipinski definition) is 2. The summed E-state index contributed by atoms with van der Waals surface area (Å²) in [5.41, 5.74) is 1.13. The standard InChI is InChI=1S/C12H11Cl2NO2/c13-6-10(16)11(17)8-5-7-3-1-2-4-9(7)15-12(8)14/h1-5,10-11,16-17H,6H2. The molecular weight excluding hydrogens is 261 g/mol. The van der Waals surface area contributed by atoms with Gasteiger partial charge >= 0.3 is 0 Å². The summed E-state index contributed by atoms with van der Waals surface area (Å²) in [7, 11) is 0. The maximum atomic E-state index is 9.87. The molecule has 2 aromatic rings. The highest BCUT2D eigenvalue weighted by Gasteiger charge is 2.21. The molecule has 0 saturated heterocycles. The molecule has 5 heteroatoms. The summed E-state index contributed by atoms with van der Waals surface area (Å²) in [5, 5.41) is 20.4. The zero-order valence-corrected chi connectivity index (χ0v) is 10.4. The van der Waals surface area contributed by atoms with E-state index in [9.17, 15) is 10.2 Å². The molecule has 1 heterocycles. The summed E-state index contributed by atoms with van der Waals surface area (Å²) in [4.78, 5) is 4.16. The normalized spacial score (nSPS) is 14.8. The zero-order valence-electron chi connectivity index (χ0n) is 8.85. The number of aliphatic hydroxyl groups excluding tert-OH is 2. The maximum absolute atomic E-state index is 9.87. The van der Waals surface area contributed by atoms with Crippen LogP contribution >= 0.6 is 23.2 Å². The van der Waals surface area contributed by atoms with Crippen LogP contribution in [-0.2, 0) is 0 Å². The summed E-state index contributed by atoms with van der Waals surface area (Å²) in [6.45, 7) is 0. The predicted octanol–water partition coefficient (Wildman–Crippen LogP) is 2.52. The molecule has 0 aliphatic carbocycles. The number of para-hydroxylation sites is 1. The largest absolute Gasteiger partial charge is 0.389 e. The first-order chi connectivity index (χ1) is 8.13. The molecule has 0 amide bonds. The number of aromatic nitrogens is 1. The molecule has 0 aliphatic rings. The van der Waals surface area contributed by atoms with Crippen LogP contribution in [-0.4, -0.2) is 27.2 Å². The molecule has 0 saturated carbocycles. The minimum absolute atomic E-state index is 0.0652. The summed E-state index contributed by atoms with van der Waals surface area (Å²) >= 11 is 11.5. The molecule has 0 radical (unpaired) electrons. The average molecular weight is 272 g/mol. The second kappa shape index (κ2) is 5.19. The Bertz CT molecular complexity index is 533. The quantitative estimate of drug-likeness (QED) is 0.666. The summed E-state index contributed by atoms with van der Waals surface area (Å²) in [6, 6.07) is 9.13. The molecule has 17 heavy (non-hydrogen) atoms. The molecule has 0 aliphatic heterocycles. The van der Waals surface area contributed by atoms with Gasteiger partial charge in [-0.25, -0.2) is 4.98 Å². The smallest absolute Gasteiger partial charge is 0.135 e. The third-order valence-electron chi connectivity index (χ3n) is 2.55. The van der Waals surface area contributed by atoms with Crippen LogP contribution in [0.1, 0.15) is 11.7 Å². The number of nitrogens with zero attached hydrogens (tertiary/aromatic N) is 1. The van der Waals surface area contributed by atoms with E-state index in [0.29, 0.717) is 5.56 Å². The van der Waals surface area contributed by atoms with Crippen LogP contribution < -0.4 is 0 Å². The second-order valence-corrected chi connectivity index (χ2v) is 4.39. The Balaban J connectivity index is 2.50. The molecule has 90 valence electrons. The van der Waals surface area contributed by atoms with E-state index < -0.39 is 12.2 Å². The number of benzene rings is 1. The van der Waals surface area contributed by atoms with E-state index >= 15 is 0 Å². The van der Waals surface area contributed by atoms with Gasteiger partial charge in [0.1, 0.15) is 11.3 Å². The lowest BCUT2D eigenvalue weighted by molar-refractivity contribution is 0.0327. The van der Waals surface area contributed by atoms with Crippen LogP contribution in [0.15, 0.2) is 30.3 Å². The highest BCUT2D eigenvalue weighted by Crippen LogP contribution is 2.27. The van der Waals surface area contributed by atoms with Crippen molar-refractivity contribution in [2.75, 3.05) is 5.88 Å². The minimum atomic E-state index is -1.13. The first-order valence-electron chi connectivity index (χ1n) is 5.10. The van der Waals surface area contributed by atoms with Gasteiger partial charge in [0.25, 0.3) is 0 Å². The molecule has 1 aromatic heterocycles. The van der Waals surface area contributed by atoms with Gasteiger partial charge in [-0.05, 0) is 12.1 Å². The Morgan fingerprint density at radius 1 is 1.24 bits per heavy atom. The van der Waals surface area contributed by atoms with Crippen LogP contribution in [0, 0.1) is 0 Å². The van der Waals surface area contributed by atoms with Gasteiger partial charge in [-0.1, -0.05) is 29.8 Å². The fraction of sp³-hybridized carbons (Fsp3) is 0.250. The molecule has 0 fully saturated rings. The third kappa shape index (κ3) is 2.53. The van der Waals surface area contributed by atoms with Gasteiger partial charge < -0.3 is 10.2 Å². The number of rotatable bonds is 3.